The van der Waals surface area contributed by atoms with Gasteiger partial charge in [0.25, 0.3) is 0 Å². The summed E-state index contributed by atoms with van der Waals surface area (Å²) in [5.41, 5.74) is 26.9. The molecule has 2 aliphatic carbocycles. The van der Waals surface area contributed by atoms with E-state index in [1.165, 1.54) is 112 Å². The van der Waals surface area contributed by atoms with Crippen LogP contribution in [0.2, 0.25) is 0 Å². The van der Waals surface area contributed by atoms with Gasteiger partial charge in [-0.05, 0) is 152 Å². The number of hydrogen-bond acceptors (Lipinski definition) is 2. The lowest BCUT2D eigenvalue weighted by Crippen LogP contribution is -2.30. The van der Waals surface area contributed by atoms with Crippen LogP contribution in [0.25, 0.3) is 22.3 Å². The first-order chi connectivity index (χ1) is 28.2. The molecule has 0 bridgehead atoms. The van der Waals surface area contributed by atoms with E-state index >= 15 is 0 Å². The molecule has 0 radical (unpaired) electrons. The zero-order valence-electron chi connectivity index (χ0n) is 36.1. The Morgan fingerprint density at radius 1 is 0.525 bits per heavy atom. The summed E-state index contributed by atoms with van der Waals surface area (Å²) in [4.78, 5) is 5.28. The Hall–Kier alpha value is -5.86. The molecule has 7 aromatic rings. The summed E-state index contributed by atoms with van der Waals surface area (Å²) in [6.07, 6.45) is 2.09. The molecule has 0 N–H and O–H groups in total. The van der Waals surface area contributed by atoms with Gasteiger partial charge in [-0.15, -0.1) is 0 Å². The van der Waals surface area contributed by atoms with E-state index in [1.807, 2.05) is 0 Å². The fraction of sp³-hybridized carbons (Fsp3) is 0.263. The van der Waals surface area contributed by atoms with Crippen molar-refractivity contribution in [3.8, 4) is 22.3 Å². The summed E-state index contributed by atoms with van der Waals surface area (Å²) in [5.74, 6) is 0.0461. The first-order valence-corrected chi connectivity index (χ1v) is 21.6. The number of anilines is 6. The minimum Gasteiger partial charge on any atom is -0.310 e. The van der Waals surface area contributed by atoms with E-state index < -0.39 is 0 Å². The van der Waals surface area contributed by atoms with Crippen molar-refractivity contribution in [2.24, 2.45) is 0 Å². The van der Waals surface area contributed by atoms with Gasteiger partial charge in [0, 0.05) is 22.7 Å². The molecule has 7 aromatic carbocycles. The molecule has 1 unspecified atom stereocenters. The molecule has 59 heavy (non-hydrogen) atoms. The Kier molecular flexibility index (Phi) is 7.58. The molecule has 2 nitrogen and oxygen atoms in total. The van der Waals surface area contributed by atoms with E-state index in [-0.39, 0.29) is 22.2 Å². The highest BCUT2D eigenvalue weighted by molar-refractivity contribution is 6.01. The highest BCUT2D eigenvalue weighted by Crippen LogP contribution is 2.64. The quantitative estimate of drug-likeness (QED) is 0.177. The summed E-state index contributed by atoms with van der Waals surface area (Å²) in [6, 6.07) is 51.7. The predicted octanol–water partition coefficient (Wildman–Crippen LogP) is 15.5. The largest absolute Gasteiger partial charge is 0.310 e. The fourth-order valence-electron chi connectivity index (χ4n) is 11.7. The molecule has 0 saturated heterocycles. The van der Waals surface area contributed by atoms with Crippen LogP contribution in [0.1, 0.15) is 116 Å². The zero-order valence-corrected chi connectivity index (χ0v) is 36.1. The van der Waals surface area contributed by atoms with Crippen molar-refractivity contribution in [1.29, 1.82) is 0 Å². The van der Waals surface area contributed by atoms with Crippen molar-refractivity contribution < 1.29 is 0 Å². The first-order valence-electron chi connectivity index (χ1n) is 21.6. The maximum Gasteiger partial charge on any atom is 0.0543 e. The molecule has 4 aliphatic rings. The van der Waals surface area contributed by atoms with E-state index in [1.54, 1.807) is 0 Å². The maximum atomic E-state index is 2.65. The van der Waals surface area contributed by atoms with Crippen LogP contribution in [-0.4, -0.2) is 0 Å². The third-order valence-electron chi connectivity index (χ3n) is 14.1. The molecular weight excluding hydrogens is 713 g/mol. The summed E-state index contributed by atoms with van der Waals surface area (Å²) < 4.78 is 0. The van der Waals surface area contributed by atoms with Crippen LogP contribution in [0, 0.1) is 13.8 Å². The molecule has 2 heteroatoms. The van der Waals surface area contributed by atoms with Crippen molar-refractivity contribution in [2.45, 2.75) is 97.3 Å². The van der Waals surface area contributed by atoms with Crippen molar-refractivity contribution in [3.05, 3.63) is 189 Å². The molecule has 2 aliphatic heterocycles. The molecule has 292 valence electrons. The second-order valence-electron chi connectivity index (χ2n) is 20.3. The Bertz CT molecular complexity index is 2900. The smallest absolute Gasteiger partial charge is 0.0543 e. The van der Waals surface area contributed by atoms with Crippen LogP contribution in [0.5, 0.6) is 0 Å². The third kappa shape index (κ3) is 5.31. The number of benzene rings is 7. The molecule has 1 atom stereocenters. The van der Waals surface area contributed by atoms with Gasteiger partial charge < -0.3 is 9.80 Å². The normalized spacial score (nSPS) is 17.5. The highest BCUT2D eigenvalue weighted by Gasteiger charge is 2.47. The summed E-state index contributed by atoms with van der Waals surface area (Å²) in [6.45, 7) is 21.4. The van der Waals surface area contributed by atoms with Gasteiger partial charge in [0.2, 0.25) is 0 Å². The minimum atomic E-state index is 0.0461. The van der Waals surface area contributed by atoms with Gasteiger partial charge in [-0.25, -0.2) is 0 Å². The molecule has 11 rings (SSSR count). The van der Waals surface area contributed by atoms with Crippen molar-refractivity contribution in [1.82, 2.24) is 0 Å². The second-order valence-corrected chi connectivity index (χ2v) is 20.3. The van der Waals surface area contributed by atoms with Gasteiger partial charge >= 0.3 is 0 Å². The van der Waals surface area contributed by atoms with Crippen LogP contribution >= 0.6 is 0 Å². The Morgan fingerprint density at radius 2 is 1.17 bits per heavy atom. The minimum absolute atomic E-state index is 0.0461. The standard InChI is InChI=1S/C57H54N2/c1-34-26-50-54-51(27-34)59(48-21-15-19-39-29-38-18-13-14-20-41(38)52(39)48)47-24-22-37(36-16-11-10-12-17-36)30-42(47)53(54)43-31-44-45(57(8,9)33-56(44,6)7)32-49(43)58(50)46-25-23-40(28-35(46)2)55(3,4)5/h10-28,30-32,53H,29,33H2,1-9H3. The molecule has 0 amide bonds. The number of hydrogen-bond donors (Lipinski definition) is 0. The van der Waals surface area contributed by atoms with Crippen LogP contribution in [0.3, 0.4) is 0 Å². The van der Waals surface area contributed by atoms with Gasteiger partial charge in [-0.2, -0.15) is 0 Å². The van der Waals surface area contributed by atoms with Crippen LogP contribution < -0.4 is 9.80 Å². The average molecular weight is 767 g/mol. The van der Waals surface area contributed by atoms with Crippen molar-refractivity contribution in [2.75, 3.05) is 9.80 Å². The molecule has 0 spiro atoms. The monoisotopic (exact) mass is 766 g/mol. The van der Waals surface area contributed by atoms with Crippen LogP contribution in [0.15, 0.2) is 133 Å². The van der Waals surface area contributed by atoms with Gasteiger partial charge in [0.15, 0.2) is 0 Å². The van der Waals surface area contributed by atoms with Gasteiger partial charge in [0.1, 0.15) is 0 Å². The molecular formula is C57H54N2. The molecule has 0 aromatic heterocycles. The lowest BCUT2D eigenvalue weighted by molar-refractivity contribution is 0.403. The molecule has 2 heterocycles. The van der Waals surface area contributed by atoms with Gasteiger partial charge in [0.05, 0.1) is 28.4 Å². The van der Waals surface area contributed by atoms with E-state index in [9.17, 15) is 0 Å². The average Bonchev–Trinajstić information content (AvgIpc) is 3.67. The Balaban J connectivity index is 1.26. The topological polar surface area (TPSA) is 6.48 Å². The van der Waals surface area contributed by atoms with Gasteiger partial charge in [-0.3, -0.25) is 0 Å². The van der Waals surface area contributed by atoms with E-state index in [0.717, 1.165) is 12.8 Å². The Labute approximate surface area is 351 Å². The number of fused-ring (bicyclic) bond motifs is 8. The highest BCUT2D eigenvalue weighted by atomic mass is 15.2. The number of nitrogens with zero attached hydrogens (tertiary/aromatic N) is 2. The van der Waals surface area contributed by atoms with Gasteiger partial charge in [-0.1, -0.05) is 139 Å². The second kappa shape index (κ2) is 12.3. The lowest BCUT2D eigenvalue weighted by atomic mass is 9.73. The maximum absolute atomic E-state index is 2.65. The number of aryl methyl sites for hydroxylation is 2. The van der Waals surface area contributed by atoms with E-state index in [0.29, 0.717) is 0 Å². The van der Waals surface area contributed by atoms with Crippen molar-refractivity contribution >= 4 is 34.1 Å². The molecule has 0 fully saturated rings. The summed E-state index contributed by atoms with van der Waals surface area (Å²) in [7, 11) is 0. The van der Waals surface area contributed by atoms with Crippen molar-refractivity contribution in [3.63, 3.8) is 0 Å². The SMILES string of the molecule is Cc1cc2c3c(c1)N(c1cccc4c1-c1ccccc1C4)c1ccc(-c4ccccc4)cc1C3c1cc3c(cc1N2c1ccc(C(C)(C)C)cc1C)C(C)(C)CC3(C)C. The third-order valence-corrected chi connectivity index (χ3v) is 14.1. The van der Waals surface area contributed by atoms with E-state index in [2.05, 4.69) is 206 Å². The first kappa shape index (κ1) is 36.2. The number of rotatable bonds is 3. The Morgan fingerprint density at radius 3 is 1.90 bits per heavy atom. The summed E-state index contributed by atoms with van der Waals surface area (Å²) >= 11 is 0. The molecule has 0 saturated carbocycles. The zero-order chi connectivity index (χ0) is 40.7. The summed E-state index contributed by atoms with van der Waals surface area (Å²) in [5, 5.41) is 0. The van der Waals surface area contributed by atoms with E-state index in [4.69, 9.17) is 0 Å². The van der Waals surface area contributed by atoms with Crippen LogP contribution in [-0.2, 0) is 22.7 Å². The van der Waals surface area contributed by atoms with Crippen LogP contribution in [0.4, 0.5) is 34.1 Å². The lowest BCUT2D eigenvalue weighted by Gasteiger charge is -2.46. The predicted molar refractivity (Wildman–Crippen MR) is 249 cm³/mol. The fourth-order valence-corrected chi connectivity index (χ4v) is 11.7.